The summed E-state index contributed by atoms with van der Waals surface area (Å²) in [4.78, 5) is 0.209. The van der Waals surface area contributed by atoms with Gasteiger partial charge in [-0.15, -0.1) is 10.2 Å². The first kappa shape index (κ1) is 20.0. The molecule has 0 saturated carbocycles. The molecule has 146 valence electrons. The van der Waals surface area contributed by atoms with Gasteiger partial charge in [0.1, 0.15) is 0 Å². The molecule has 1 aromatic heterocycles. The number of rotatable bonds is 5. The summed E-state index contributed by atoms with van der Waals surface area (Å²) in [5, 5.41) is 7.53. The van der Waals surface area contributed by atoms with Crippen LogP contribution in [0.25, 0.3) is 11.3 Å². The van der Waals surface area contributed by atoms with Crippen molar-refractivity contribution in [2.75, 3.05) is 11.0 Å². The van der Waals surface area contributed by atoms with E-state index < -0.39 is 19.9 Å². The lowest BCUT2D eigenvalue weighted by atomic mass is 10.1. The summed E-state index contributed by atoms with van der Waals surface area (Å²) in [6.07, 6.45) is 1.05. The molecule has 1 N–H and O–H groups in total. The first-order chi connectivity index (χ1) is 13.1. The maximum absolute atomic E-state index is 12.7. The van der Waals surface area contributed by atoms with Crippen LogP contribution in [-0.4, -0.2) is 33.3 Å². The van der Waals surface area contributed by atoms with Crippen molar-refractivity contribution >= 4 is 25.5 Å². The van der Waals surface area contributed by atoms with E-state index in [0.717, 1.165) is 11.8 Å². The molecule has 3 rings (SSSR count). The van der Waals surface area contributed by atoms with E-state index in [9.17, 15) is 16.8 Å². The van der Waals surface area contributed by atoms with Gasteiger partial charge in [-0.05, 0) is 49.7 Å². The molecule has 0 radical (unpaired) electrons. The largest absolute Gasteiger partial charge is 0.280 e. The zero-order valence-electron chi connectivity index (χ0n) is 15.5. The molecule has 9 heteroatoms. The maximum Gasteiger partial charge on any atom is 0.262 e. The number of benzene rings is 2. The van der Waals surface area contributed by atoms with Crippen LogP contribution in [0.4, 0.5) is 5.69 Å². The molecule has 0 aliphatic rings. The van der Waals surface area contributed by atoms with Crippen molar-refractivity contribution in [3.05, 3.63) is 65.7 Å². The van der Waals surface area contributed by atoms with Gasteiger partial charge in [-0.3, -0.25) is 4.72 Å². The highest BCUT2D eigenvalue weighted by molar-refractivity contribution is 7.92. The summed E-state index contributed by atoms with van der Waals surface area (Å²) >= 11 is 0. The average molecular weight is 418 g/mol. The van der Waals surface area contributed by atoms with Gasteiger partial charge in [0.2, 0.25) is 0 Å². The highest BCUT2D eigenvalue weighted by Crippen LogP contribution is 2.24. The van der Waals surface area contributed by atoms with E-state index in [1.54, 1.807) is 43.3 Å². The normalized spacial score (nSPS) is 12.0. The van der Waals surface area contributed by atoms with Gasteiger partial charge in [0.05, 0.1) is 10.6 Å². The van der Waals surface area contributed by atoms with E-state index in [1.807, 2.05) is 13.0 Å². The second-order valence-electron chi connectivity index (χ2n) is 6.48. The smallest absolute Gasteiger partial charge is 0.262 e. The standard InChI is InChI=1S/C19H19N3O4S2/c1-13-7-9-18(14(2)11-13)28(25,26)22-16-6-4-5-15(12-16)17-8-10-19(21-20-17)27(3,23)24/h4-12,22H,1-3H3. The highest BCUT2D eigenvalue weighted by atomic mass is 32.2. The first-order valence-corrected chi connectivity index (χ1v) is 11.7. The Morgan fingerprint density at radius 1 is 0.857 bits per heavy atom. The Balaban J connectivity index is 1.91. The minimum Gasteiger partial charge on any atom is -0.280 e. The highest BCUT2D eigenvalue weighted by Gasteiger charge is 2.17. The fourth-order valence-electron chi connectivity index (χ4n) is 2.72. The van der Waals surface area contributed by atoms with Crippen molar-refractivity contribution in [3.63, 3.8) is 0 Å². The van der Waals surface area contributed by atoms with Gasteiger partial charge in [-0.2, -0.15) is 0 Å². The van der Waals surface area contributed by atoms with Gasteiger partial charge in [0.15, 0.2) is 14.9 Å². The van der Waals surface area contributed by atoms with E-state index >= 15 is 0 Å². The number of hydrogen-bond acceptors (Lipinski definition) is 6. The number of hydrogen-bond donors (Lipinski definition) is 1. The molecular weight excluding hydrogens is 398 g/mol. The van der Waals surface area contributed by atoms with Crippen molar-refractivity contribution in [2.45, 2.75) is 23.8 Å². The van der Waals surface area contributed by atoms with Gasteiger partial charge in [-0.1, -0.05) is 29.8 Å². The molecular formula is C19H19N3O4S2. The zero-order chi connectivity index (χ0) is 20.5. The van der Waals surface area contributed by atoms with Gasteiger partial charge in [-0.25, -0.2) is 16.8 Å². The van der Waals surface area contributed by atoms with Crippen LogP contribution in [0.5, 0.6) is 0 Å². The quantitative estimate of drug-likeness (QED) is 0.684. The Kier molecular flexibility index (Phi) is 5.22. The topological polar surface area (TPSA) is 106 Å². The lowest BCUT2D eigenvalue weighted by molar-refractivity contribution is 0.595. The summed E-state index contributed by atoms with van der Waals surface area (Å²) in [7, 11) is -7.19. The van der Waals surface area contributed by atoms with Crippen molar-refractivity contribution in [1.82, 2.24) is 10.2 Å². The lowest BCUT2D eigenvalue weighted by Crippen LogP contribution is -2.14. The Hall–Kier alpha value is -2.78. The average Bonchev–Trinajstić information content (AvgIpc) is 2.60. The third-order valence-electron chi connectivity index (χ3n) is 4.05. The minimum atomic E-state index is -3.75. The first-order valence-electron chi connectivity index (χ1n) is 8.30. The Morgan fingerprint density at radius 3 is 2.21 bits per heavy atom. The molecule has 0 bridgehead atoms. The van der Waals surface area contributed by atoms with Crippen LogP contribution in [0, 0.1) is 13.8 Å². The maximum atomic E-state index is 12.7. The number of aromatic nitrogens is 2. The van der Waals surface area contributed by atoms with Crippen molar-refractivity contribution in [1.29, 1.82) is 0 Å². The number of sulfone groups is 1. The second kappa shape index (κ2) is 7.33. The third kappa shape index (κ3) is 4.37. The fraction of sp³-hybridized carbons (Fsp3) is 0.158. The molecule has 0 spiro atoms. The van der Waals surface area contributed by atoms with Crippen LogP contribution in [0.15, 0.2) is 64.5 Å². The Labute approximate surface area is 164 Å². The zero-order valence-corrected chi connectivity index (χ0v) is 17.2. The number of nitrogens with zero attached hydrogens (tertiary/aromatic N) is 2. The van der Waals surface area contributed by atoms with Gasteiger partial charge in [0.25, 0.3) is 10.0 Å². The molecule has 0 aliphatic carbocycles. The van der Waals surface area contributed by atoms with Crippen LogP contribution in [0.1, 0.15) is 11.1 Å². The lowest BCUT2D eigenvalue weighted by Gasteiger charge is -2.12. The molecule has 0 unspecified atom stereocenters. The number of anilines is 1. The van der Waals surface area contributed by atoms with Gasteiger partial charge in [0, 0.05) is 17.5 Å². The van der Waals surface area contributed by atoms with Crippen molar-refractivity contribution in [2.24, 2.45) is 0 Å². The van der Waals surface area contributed by atoms with Crippen LogP contribution in [0.3, 0.4) is 0 Å². The van der Waals surface area contributed by atoms with Crippen LogP contribution < -0.4 is 4.72 Å². The van der Waals surface area contributed by atoms with E-state index in [0.29, 0.717) is 22.5 Å². The monoisotopic (exact) mass is 417 g/mol. The van der Waals surface area contributed by atoms with Crippen molar-refractivity contribution in [3.8, 4) is 11.3 Å². The minimum absolute atomic E-state index is 0.122. The van der Waals surface area contributed by atoms with E-state index in [2.05, 4.69) is 14.9 Å². The van der Waals surface area contributed by atoms with Crippen molar-refractivity contribution < 1.29 is 16.8 Å². The van der Waals surface area contributed by atoms with E-state index in [1.165, 1.54) is 12.1 Å². The molecule has 0 fully saturated rings. The predicted octanol–water partition coefficient (Wildman–Crippen LogP) is 2.96. The molecule has 0 aliphatic heterocycles. The summed E-state index contributed by atoms with van der Waals surface area (Å²) in [5.74, 6) is 0. The molecule has 0 amide bonds. The van der Waals surface area contributed by atoms with Crippen LogP contribution in [0.2, 0.25) is 0 Å². The number of sulfonamides is 1. The number of aryl methyl sites for hydroxylation is 2. The van der Waals surface area contributed by atoms with Gasteiger partial charge < -0.3 is 0 Å². The second-order valence-corrected chi connectivity index (χ2v) is 10.1. The Morgan fingerprint density at radius 2 is 1.61 bits per heavy atom. The molecule has 7 nitrogen and oxygen atoms in total. The van der Waals surface area contributed by atoms with Crippen LogP contribution in [-0.2, 0) is 19.9 Å². The summed E-state index contributed by atoms with van der Waals surface area (Å²) in [6, 6.07) is 14.7. The SMILES string of the molecule is Cc1ccc(S(=O)(=O)Nc2cccc(-c3ccc(S(C)(=O)=O)nn3)c2)c(C)c1. The van der Waals surface area contributed by atoms with Gasteiger partial charge >= 0.3 is 0 Å². The molecule has 28 heavy (non-hydrogen) atoms. The molecule has 2 aromatic carbocycles. The molecule has 3 aromatic rings. The molecule has 1 heterocycles. The Bertz CT molecular complexity index is 1240. The summed E-state index contributed by atoms with van der Waals surface area (Å²) in [5.41, 5.74) is 3.04. The predicted molar refractivity (Wildman–Crippen MR) is 107 cm³/mol. The molecule has 0 atom stereocenters. The number of nitrogens with one attached hydrogen (secondary N) is 1. The third-order valence-corrected chi connectivity index (χ3v) is 6.57. The fourth-order valence-corrected chi connectivity index (χ4v) is 4.51. The van der Waals surface area contributed by atoms with E-state index in [4.69, 9.17) is 0 Å². The van der Waals surface area contributed by atoms with Crippen LogP contribution >= 0.6 is 0 Å². The summed E-state index contributed by atoms with van der Waals surface area (Å²) in [6.45, 7) is 3.65. The summed E-state index contributed by atoms with van der Waals surface area (Å²) < 4.78 is 51.0. The molecule has 0 saturated heterocycles. The van der Waals surface area contributed by atoms with E-state index in [-0.39, 0.29) is 9.92 Å².